The van der Waals surface area contributed by atoms with Gasteiger partial charge < -0.3 is 15.0 Å². The van der Waals surface area contributed by atoms with Crippen molar-refractivity contribution in [2.75, 3.05) is 38.3 Å². The summed E-state index contributed by atoms with van der Waals surface area (Å²) in [5, 5.41) is 6.48. The normalized spacial score (nSPS) is 19.5. The molecule has 1 aromatic heterocycles. The zero-order valence-corrected chi connectivity index (χ0v) is 10.7. The Morgan fingerprint density at radius 3 is 3.19 bits per heavy atom. The maximum Gasteiger partial charge on any atom is 0.185 e. The number of rotatable bonds is 3. The first-order valence-electron chi connectivity index (χ1n) is 5.76. The molecule has 16 heavy (non-hydrogen) atoms. The first-order valence-corrected chi connectivity index (χ1v) is 6.64. The van der Waals surface area contributed by atoms with E-state index in [1.54, 1.807) is 11.3 Å². The lowest BCUT2D eigenvalue weighted by molar-refractivity contribution is 0.152. The summed E-state index contributed by atoms with van der Waals surface area (Å²) in [7, 11) is 1.96. The lowest BCUT2D eigenvalue weighted by Gasteiger charge is -2.18. The number of aromatic nitrogens is 1. The predicted octanol–water partition coefficient (Wildman–Crippen LogP) is 1.65. The first-order chi connectivity index (χ1) is 7.81. The summed E-state index contributed by atoms with van der Waals surface area (Å²) in [5.41, 5.74) is 1.13. The number of hydrogen-bond acceptors (Lipinski definition) is 5. The minimum Gasteiger partial charge on any atom is -0.380 e. The topological polar surface area (TPSA) is 37.4 Å². The summed E-state index contributed by atoms with van der Waals surface area (Å²) in [4.78, 5) is 7.00. The van der Waals surface area contributed by atoms with Crippen LogP contribution in [-0.4, -0.2) is 38.3 Å². The molecule has 2 rings (SSSR count). The van der Waals surface area contributed by atoms with Crippen LogP contribution in [0.2, 0.25) is 0 Å². The highest BCUT2D eigenvalue weighted by Crippen LogP contribution is 2.24. The second-order valence-electron chi connectivity index (χ2n) is 4.02. The third-order valence-electron chi connectivity index (χ3n) is 2.88. The molecule has 4 nitrogen and oxygen atoms in total. The Bertz CT molecular complexity index is 321. The second kappa shape index (κ2) is 5.61. The minimum atomic E-state index is 0.327. The maximum atomic E-state index is 5.44. The Morgan fingerprint density at radius 1 is 1.50 bits per heavy atom. The van der Waals surface area contributed by atoms with Gasteiger partial charge in [0.15, 0.2) is 5.13 Å². The van der Waals surface area contributed by atoms with Gasteiger partial charge in [0.25, 0.3) is 0 Å². The molecule has 90 valence electrons. The van der Waals surface area contributed by atoms with Gasteiger partial charge in [-0.15, -0.1) is 11.3 Å². The fourth-order valence-electron chi connectivity index (χ4n) is 1.71. The standard InChI is InChI=1S/C11H19N3OS/c1-9(12-2)10-8-16-11(13-10)14-4-3-6-15-7-5-14/h8-9,12H,3-7H2,1-2H3. The Hall–Kier alpha value is -0.650. The van der Waals surface area contributed by atoms with Crippen LogP contribution in [0.3, 0.4) is 0 Å². The number of thiazole rings is 1. The number of anilines is 1. The van der Waals surface area contributed by atoms with Crippen molar-refractivity contribution in [1.82, 2.24) is 10.3 Å². The van der Waals surface area contributed by atoms with Gasteiger partial charge >= 0.3 is 0 Å². The predicted molar refractivity (Wildman–Crippen MR) is 67.2 cm³/mol. The van der Waals surface area contributed by atoms with Crippen LogP contribution in [0.25, 0.3) is 0 Å². The summed E-state index contributed by atoms with van der Waals surface area (Å²) in [6, 6.07) is 0.327. The van der Waals surface area contributed by atoms with E-state index in [-0.39, 0.29) is 0 Å². The van der Waals surface area contributed by atoms with Crippen LogP contribution in [0.15, 0.2) is 5.38 Å². The van der Waals surface area contributed by atoms with Gasteiger partial charge in [-0.2, -0.15) is 0 Å². The van der Waals surface area contributed by atoms with Gasteiger partial charge in [-0.3, -0.25) is 0 Å². The SMILES string of the molecule is CNC(C)c1csc(N2CCCOCC2)n1. The van der Waals surface area contributed by atoms with E-state index in [0.29, 0.717) is 6.04 Å². The van der Waals surface area contributed by atoms with E-state index >= 15 is 0 Å². The van der Waals surface area contributed by atoms with Crippen molar-refractivity contribution in [3.05, 3.63) is 11.1 Å². The maximum absolute atomic E-state index is 5.44. The average Bonchev–Trinajstić information content (AvgIpc) is 2.64. The molecular formula is C11H19N3OS. The first kappa shape index (κ1) is 11.8. The molecule has 2 heterocycles. The fourth-order valence-corrected chi connectivity index (χ4v) is 2.68. The summed E-state index contributed by atoms with van der Waals surface area (Å²) in [6.45, 7) is 5.84. The molecule has 1 unspecified atom stereocenters. The van der Waals surface area contributed by atoms with Crippen LogP contribution in [0.5, 0.6) is 0 Å². The zero-order valence-electron chi connectivity index (χ0n) is 9.90. The van der Waals surface area contributed by atoms with Crippen molar-refractivity contribution in [2.45, 2.75) is 19.4 Å². The molecule has 1 aromatic rings. The van der Waals surface area contributed by atoms with Crippen molar-refractivity contribution >= 4 is 16.5 Å². The molecule has 0 bridgehead atoms. The van der Waals surface area contributed by atoms with Crippen molar-refractivity contribution in [2.24, 2.45) is 0 Å². The van der Waals surface area contributed by atoms with Gasteiger partial charge in [0.05, 0.1) is 12.3 Å². The highest BCUT2D eigenvalue weighted by molar-refractivity contribution is 7.13. The molecule has 5 heteroatoms. The molecule has 1 atom stereocenters. The number of hydrogen-bond donors (Lipinski definition) is 1. The molecule has 0 amide bonds. The Kier molecular flexibility index (Phi) is 4.15. The van der Waals surface area contributed by atoms with E-state index < -0.39 is 0 Å². The van der Waals surface area contributed by atoms with Gasteiger partial charge in [-0.1, -0.05) is 0 Å². The van der Waals surface area contributed by atoms with E-state index in [1.165, 1.54) is 0 Å². The number of nitrogens with zero attached hydrogens (tertiary/aromatic N) is 2. The van der Waals surface area contributed by atoms with Crippen molar-refractivity contribution in [3.8, 4) is 0 Å². The Labute approximate surface area is 101 Å². The molecule has 0 radical (unpaired) electrons. The molecule has 1 saturated heterocycles. The third kappa shape index (κ3) is 2.72. The molecule has 1 fully saturated rings. The molecule has 0 spiro atoms. The fraction of sp³-hybridized carbons (Fsp3) is 0.727. The van der Waals surface area contributed by atoms with Crippen molar-refractivity contribution in [1.29, 1.82) is 0 Å². The van der Waals surface area contributed by atoms with E-state index in [9.17, 15) is 0 Å². The molecule has 1 aliphatic rings. The summed E-state index contributed by atoms with van der Waals surface area (Å²) < 4.78 is 5.44. The third-order valence-corrected chi connectivity index (χ3v) is 3.80. The van der Waals surface area contributed by atoms with E-state index in [2.05, 4.69) is 27.5 Å². The van der Waals surface area contributed by atoms with Gasteiger partial charge in [-0.05, 0) is 20.4 Å². The lowest BCUT2D eigenvalue weighted by Crippen LogP contribution is -2.25. The van der Waals surface area contributed by atoms with Crippen LogP contribution in [-0.2, 0) is 4.74 Å². The number of ether oxygens (including phenoxy) is 1. The quantitative estimate of drug-likeness (QED) is 0.873. The van der Waals surface area contributed by atoms with Crippen LogP contribution in [0.1, 0.15) is 25.1 Å². The Balaban J connectivity index is 2.05. The highest BCUT2D eigenvalue weighted by Gasteiger charge is 2.15. The van der Waals surface area contributed by atoms with E-state index in [4.69, 9.17) is 4.74 Å². The molecule has 1 N–H and O–H groups in total. The van der Waals surface area contributed by atoms with Crippen molar-refractivity contribution in [3.63, 3.8) is 0 Å². The zero-order chi connectivity index (χ0) is 11.4. The van der Waals surface area contributed by atoms with Gasteiger partial charge in [0.1, 0.15) is 0 Å². The molecular weight excluding hydrogens is 222 g/mol. The smallest absolute Gasteiger partial charge is 0.185 e. The molecule has 1 aliphatic heterocycles. The van der Waals surface area contributed by atoms with Gasteiger partial charge in [-0.25, -0.2) is 4.98 Å². The summed E-state index contributed by atoms with van der Waals surface area (Å²) in [6.07, 6.45) is 1.09. The minimum absolute atomic E-state index is 0.327. The van der Waals surface area contributed by atoms with Crippen molar-refractivity contribution < 1.29 is 4.74 Å². The molecule has 0 saturated carbocycles. The van der Waals surface area contributed by atoms with Crippen LogP contribution in [0.4, 0.5) is 5.13 Å². The second-order valence-corrected chi connectivity index (χ2v) is 4.85. The molecule has 0 aliphatic carbocycles. The highest BCUT2D eigenvalue weighted by atomic mass is 32.1. The molecule has 0 aromatic carbocycles. The summed E-state index contributed by atoms with van der Waals surface area (Å²) >= 11 is 1.73. The van der Waals surface area contributed by atoms with E-state index in [1.807, 2.05) is 7.05 Å². The largest absolute Gasteiger partial charge is 0.380 e. The number of nitrogens with one attached hydrogen (secondary N) is 1. The van der Waals surface area contributed by atoms with Crippen LogP contribution >= 0.6 is 11.3 Å². The van der Waals surface area contributed by atoms with Gasteiger partial charge in [0.2, 0.25) is 0 Å². The lowest BCUT2D eigenvalue weighted by atomic mass is 10.3. The van der Waals surface area contributed by atoms with Crippen LogP contribution < -0.4 is 10.2 Å². The summed E-state index contributed by atoms with van der Waals surface area (Å²) in [5.74, 6) is 0. The van der Waals surface area contributed by atoms with Gasteiger partial charge in [0, 0.05) is 31.1 Å². The van der Waals surface area contributed by atoms with Crippen LogP contribution in [0, 0.1) is 0 Å². The Morgan fingerprint density at radius 2 is 2.38 bits per heavy atom. The average molecular weight is 241 g/mol. The van der Waals surface area contributed by atoms with E-state index in [0.717, 1.165) is 43.5 Å². The monoisotopic (exact) mass is 241 g/mol.